The Labute approximate surface area is 155 Å². The molecule has 1 aliphatic rings. The molecule has 0 aliphatic carbocycles. The maximum absolute atomic E-state index is 12.7. The first kappa shape index (κ1) is 16.7. The number of carbonyl (C=O) groups is 3. The van der Waals surface area contributed by atoms with Gasteiger partial charge in [-0.15, -0.1) is 0 Å². The van der Waals surface area contributed by atoms with Crippen molar-refractivity contribution in [2.75, 3.05) is 4.90 Å². The number of carbonyl (C=O) groups excluding carboxylic acids is 3. The number of nitrogens with zero attached hydrogens (tertiary/aromatic N) is 2. The van der Waals surface area contributed by atoms with Crippen LogP contribution in [0.25, 0.3) is 0 Å². The number of para-hydroxylation sites is 1. The lowest BCUT2D eigenvalue weighted by atomic mass is 10.1. The molecule has 0 bridgehead atoms. The van der Waals surface area contributed by atoms with Gasteiger partial charge in [0.25, 0.3) is 17.7 Å². The standard InChI is InChI=1S/C21H15N3O3/c25-19(23-13-14-6-5-11-22-12-14)17-9-3-4-10-18(17)24-20(26)15-7-1-2-8-16(15)21(24)27/h1-12H,13H2,(H,23,25). The fourth-order valence-electron chi connectivity index (χ4n) is 3.05. The number of fused-ring (bicyclic) bond motifs is 1. The van der Waals surface area contributed by atoms with E-state index in [2.05, 4.69) is 10.3 Å². The number of aromatic nitrogens is 1. The monoisotopic (exact) mass is 357 g/mol. The number of benzene rings is 2. The zero-order valence-electron chi connectivity index (χ0n) is 14.3. The summed E-state index contributed by atoms with van der Waals surface area (Å²) in [5.41, 5.74) is 2.06. The lowest BCUT2D eigenvalue weighted by molar-refractivity contribution is 0.0926. The molecule has 6 nitrogen and oxygen atoms in total. The maximum atomic E-state index is 12.7. The molecule has 3 aromatic rings. The second kappa shape index (κ2) is 6.84. The van der Waals surface area contributed by atoms with Crippen LogP contribution in [0.2, 0.25) is 0 Å². The summed E-state index contributed by atoms with van der Waals surface area (Å²) >= 11 is 0. The summed E-state index contributed by atoms with van der Waals surface area (Å²) in [6, 6.07) is 16.9. The molecule has 27 heavy (non-hydrogen) atoms. The van der Waals surface area contributed by atoms with Gasteiger partial charge in [-0.25, -0.2) is 4.90 Å². The first-order valence-electron chi connectivity index (χ1n) is 8.41. The van der Waals surface area contributed by atoms with Gasteiger partial charge in [-0.2, -0.15) is 0 Å². The normalized spacial score (nSPS) is 12.8. The zero-order valence-corrected chi connectivity index (χ0v) is 14.3. The molecule has 1 N–H and O–H groups in total. The molecule has 0 radical (unpaired) electrons. The highest BCUT2D eigenvalue weighted by molar-refractivity contribution is 6.35. The second-order valence-corrected chi connectivity index (χ2v) is 6.05. The third-order valence-electron chi connectivity index (χ3n) is 4.36. The van der Waals surface area contributed by atoms with E-state index in [0.29, 0.717) is 17.7 Å². The van der Waals surface area contributed by atoms with Crippen LogP contribution in [0, 0.1) is 0 Å². The number of pyridine rings is 1. The van der Waals surface area contributed by atoms with Crippen LogP contribution in [0.1, 0.15) is 36.6 Å². The molecule has 1 aromatic heterocycles. The van der Waals surface area contributed by atoms with Gasteiger partial charge in [0.05, 0.1) is 22.4 Å². The van der Waals surface area contributed by atoms with Gasteiger partial charge in [0.15, 0.2) is 0 Å². The molecule has 132 valence electrons. The van der Waals surface area contributed by atoms with Crippen LogP contribution in [0.4, 0.5) is 5.69 Å². The quantitative estimate of drug-likeness (QED) is 0.728. The van der Waals surface area contributed by atoms with Gasteiger partial charge in [-0.3, -0.25) is 19.4 Å². The molecule has 2 aromatic carbocycles. The van der Waals surface area contributed by atoms with Crippen LogP contribution in [0.15, 0.2) is 73.1 Å². The molecule has 4 rings (SSSR count). The molecule has 0 fully saturated rings. The van der Waals surface area contributed by atoms with E-state index in [1.807, 2.05) is 6.07 Å². The lowest BCUT2D eigenvalue weighted by Gasteiger charge is -2.18. The van der Waals surface area contributed by atoms with E-state index in [-0.39, 0.29) is 17.2 Å². The molecule has 0 saturated heterocycles. The predicted molar refractivity (Wildman–Crippen MR) is 99.4 cm³/mol. The predicted octanol–water partition coefficient (Wildman–Crippen LogP) is 2.81. The van der Waals surface area contributed by atoms with Crippen molar-refractivity contribution in [3.05, 3.63) is 95.3 Å². The zero-order chi connectivity index (χ0) is 18.8. The number of nitrogens with one attached hydrogen (secondary N) is 1. The fourth-order valence-corrected chi connectivity index (χ4v) is 3.05. The summed E-state index contributed by atoms with van der Waals surface area (Å²) in [6.45, 7) is 0.295. The van der Waals surface area contributed by atoms with E-state index in [4.69, 9.17) is 0 Å². The molecule has 6 heteroatoms. The minimum atomic E-state index is -0.428. The maximum Gasteiger partial charge on any atom is 0.266 e. The summed E-state index contributed by atoms with van der Waals surface area (Å²) in [5, 5.41) is 2.80. The van der Waals surface area contributed by atoms with Crippen LogP contribution in [-0.4, -0.2) is 22.7 Å². The van der Waals surface area contributed by atoms with Gasteiger partial charge in [0, 0.05) is 18.9 Å². The van der Waals surface area contributed by atoms with Crippen molar-refractivity contribution in [2.45, 2.75) is 6.54 Å². The van der Waals surface area contributed by atoms with Gasteiger partial charge in [-0.1, -0.05) is 30.3 Å². The summed E-state index contributed by atoms with van der Waals surface area (Å²) in [4.78, 5) is 43.2. The van der Waals surface area contributed by atoms with Crippen molar-refractivity contribution in [1.82, 2.24) is 10.3 Å². The summed E-state index contributed by atoms with van der Waals surface area (Å²) < 4.78 is 0. The Hall–Kier alpha value is -3.80. The Kier molecular flexibility index (Phi) is 4.22. The van der Waals surface area contributed by atoms with Crippen LogP contribution < -0.4 is 10.2 Å². The first-order chi connectivity index (χ1) is 13.2. The summed E-state index contributed by atoms with van der Waals surface area (Å²) in [6.07, 6.45) is 3.32. The number of amides is 3. The van der Waals surface area contributed by atoms with Crippen LogP contribution in [0.3, 0.4) is 0 Å². The Morgan fingerprint density at radius 3 is 2.22 bits per heavy atom. The van der Waals surface area contributed by atoms with Crippen LogP contribution in [0.5, 0.6) is 0 Å². The average Bonchev–Trinajstić information content (AvgIpc) is 2.97. The van der Waals surface area contributed by atoms with E-state index >= 15 is 0 Å². The Morgan fingerprint density at radius 2 is 1.56 bits per heavy atom. The Morgan fingerprint density at radius 1 is 0.889 bits per heavy atom. The van der Waals surface area contributed by atoms with Crippen molar-refractivity contribution < 1.29 is 14.4 Å². The second-order valence-electron chi connectivity index (χ2n) is 6.05. The molecular weight excluding hydrogens is 342 g/mol. The van der Waals surface area contributed by atoms with E-state index < -0.39 is 11.8 Å². The van der Waals surface area contributed by atoms with Crippen LogP contribution >= 0.6 is 0 Å². The smallest absolute Gasteiger partial charge is 0.266 e. The molecular formula is C21H15N3O3. The van der Waals surface area contributed by atoms with E-state index in [1.54, 1.807) is 67.0 Å². The number of hydrogen-bond donors (Lipinski definition) is 1. The third kappa shape index (κ3) is 2.97. The largest absolute Gasteiger partial charge is 0.348 e. The van der Waals surface area contributed by atoms with Gasteiger partial charge in [0.1, 0.15) is 0 Å². The number of imide groups is 1. The minimum Gasteiger partial charge on any atom is -0.348 e. The number of anilines is 1. The third-order valence-corrected chi connectivity index (χ3v) is 4.36. The Bertz CT molecular complexity index is 1010. The van der Waals surface area contributed by atoms with Gasteiger partial charge < -0.3 is 5.32 Å². The molecule has 0 spiro atoms. The molecule has 0 saturated carbocycles. The topological polar surface area (TPSA) is 79.4 Å². The van der Waals surface area contributed by atoms with Gasteiger partial charge >= 0.3 is 0 Å². The summed E-state index contributed by atoms with van der Waals surface area (Å²) in [7, 11) is 0. The minimum absolute atomic E-state index is 0.260. The van der Waals surface area contributed by atoms with Crippen molar-refractivity contribution in [3.63, 3.8) is 0 Å². The highest BCUT2D eigenvalue weighted by Gasteiger charge is 2.37. The fraction of sp³-hybridized carbons (Fsp3) is 0.0476. The van der Waals surface area contributed by atoms with Crippen LogP contribution in [-0.2, 0) is 6.54 Å². The summed E-state index contributed by atoms with van der Waals surface area (Å²) in [5.74, 6) is -1.22. The van der Waals surface area contributed by atoms with Gasteiger partial charge in [-0.05, 0) is 35.9 Å². The van der Waals surface area contributed by atoms with Crippen molar-refractivity contribution in [2.24, 2.45) is 0 Å². The van der Waals surface area contributed by atoms with Crippen molar-refractivity contribution >= 4 is 23.4 Å². The number of hydrogen-bond acceptors (Lipinski definition) is 4. The highest BCUT2D eigenvalue weighted by Crippen LogP contribution is 2.30. The highest BCUT2D eigenvalue weighted by atomic mass is 16.2. The lowest BCUT2D eigenvalue weighted by Crippen LogP contribution is -2.32. The molecule has 1 aliphatic heterocycles. The molecule has 3 amide bonds. The first-order valence-corrected chi connectivity index (χ1v) is 8.41. The van der Waals surface area contributed by atoms with Crippen molar-refractivity contribution in [3.8, 4) is 0 Å². The van der Waals surface area contributed by atoms with Gasteiger partial charge in [0.2, 0.25) is 0 Å². The SMILES string of the molecule is O=C(NCc1cccnc1)c1ccccc1N1C(=O)c2ccccc2C1=O. The number of rotatable bonds is 4. The molecule has 0 atom stereocenters. The Balaban J connectivity index is 1.63. The van der Waals surface area contributed by atoms with E-state index in [0.717, 1.165) is 10.5 Å². The molecule has 0 unspecified atom stereocenters. The average molecular weight is 357 g/mol. The molecule has 2 heterocycles. The van der Waals surface area contributed by atoms with Crippen molar-refractivity contribution in [1.29, 1.82) is 0 Å². The van der Waals surface area contributed by atoms with E-state index in [1.165, 1.54) is 0 Å². The van der Waals surface area contributed by atoms with E-state index in [9.17, 15) is 14.4 Å².